The largest absolute Gasteiger partial charge is 0.360 e. The number of aromatic nitrogens is 1. The molecule has 5 heteroatoms. The molecule has 2 aromatic rings. The molecule has 2 rings (SSSR count). The second-order valence-corrected chi connectivity index (χ2v) is 5.47. The molecule has 0 fully saturated rings. The minimum absolute atomic E-state index is 0.110. The van der Waals surface area contributed by atoms with Crippen LogP contribution in [0, 0.1) is 6.92 Å². The maximum atomic E-state index is 11.7. The third kappa shape index (κ3) is 4.28. The Hall–Kier alpha value is -2.01. The van der Waals surface area contributed by atoms with Crippen LogP contribution in [0.3, 0.4) is 0 Å². The third-order valence-electron chi connectivity index (χ3n) is 2.73. The number of thioether (sulfide) groups is 1. The van der Waals surface area contributed by atoms with E-state index in [1.54, 1.807) is 0 Å². The summed E-state index contributed by atoms with van der Waals surface area (Å²) in [7, 11) is 0. The zero-order valence-corrected chi connectivity index (χ0v) is 12.3. The number of benzene rings is 1. The minimum Gasteiger partial charge on any atom is -0.360 e. The van der Waals surface area contributed by atoms with E-state index in [1.807, 2.05) is 56.4 Å². The molecule has 0 bridgehead atoms. The lowest BCUT2D eigenvalue weighted by molar-refractivity contribution is -0.118. The Morgan fingerprint density at radius 3 is 2.70 bits per heavy atom. The van der Waals surface area contributed by atoms with Gasteiger partial charge in [-0.05, 0) is 38.1 Å². The molecule has 0 aliphatic heterocycles. The van der Waals surface area contributed by atoms with Crippen molar-refractivity contribution >= 4 is 23.4 Å². The second kappa shape index (κ2) is 6.96. The number of aromatic amines is 1. The monoisotopic (exact) mass is 287 g/mol. The summed E-state index contributed by atoms with van der Waals surface area (Å²) < 4.78 is 0. The summed E-state index contributed by atoms with van der Waals surface area (Å²) in [6, 6.07) is 11.9. The van der Waals surface area contributed by atoms with Crippen molar-refractivity contribution in [1.82, 2.24) is 10.4 Å². The highest BCUT2D eigenvalue weighted by Crippen LogP contribution is 2.17. The number of amides is 1. The van der Waals surface area contributed by atoms with Gasteiger partial charge in [-0.2, -0.15) is 5.10 Å². The first-order chi connectivity index (χ1) is 9.65. The van der Waals surface area contributed by atoms with Gasteiger partial charge in [-0.15, -0.1) is 11.8 Å². The van der Waals surface area contributed by atoms with Crippen molar-refractivity contribution in [2.24, 2.45) is 5.10 Å². The van der Waals surface area contributed by atoms with Gasteiger partial charge in [0.05, 0.1) is 17.2 Å². The van der Waals surface area contributed by atoms with Crippen LogP contribution < -0.4 is 5.43 Å². The summed E-state index contributed by atoms with van der Waals surface area (Å²) in [4.78, 5) is 15.8. The molecular formula is C15H17N3OS. The highest BCUT2D eigenvalue weighted by molar-refractivity contribution is 8.00. The third-order valence-corrected chi connectivity index (χ3v) is 3.74. The molecule has 0 aliphatic rings. The minimum atomic E-state index is -0.110. The van der Waals surface area contributed by atoms with Crippen LogP contribution in [0.1, 0.15) is 18.2 Å². The van der Waals surface area contributed by atoms with Crippen LogP contribution in [-0.2, 0) is 4.79 Å². The van der Waals surface area contributed by atoms with Crippen LogP contribution in [0.4, 0.5) is 0 Å². The number of nitrogens with one attached hydrogen (secondary N) is 2. The number of carbonyl (C=O) groups excluding carboxylic acids is 1. The summed E-state index contributed by atoms with van der Waals surface area (Å²) in [6.45, 7) is 3.89. The lowest BCUT2D eigenvalue weighted by atomic mass is 10.2. The summed E-state index contributed by atoms with van der Waals surface area (Å²) in [5.74, 6) is 0.242. The topological polar surface area (TPSA) is 57.2 Å². The summed E-state index contributed by atoms with van der Waals surface area (Å²) >= 11 is 1.50. The van der Waals surface area contributed by atoms with E-state index in [1.165, 1.54) is 17.3 Å². The van der Waals surface area contributed by atoms with Crippen molar-refractivity contribution in [1.29, 1.82) is 0 Å². The highest BCUT2D eigenvalue weighted by Gasteiger charge is 2.03. The van der Waals surface area contributed by atoms with Gasteiger partial charge >= 0.3 is 0 Å². The molecule has 0 aliphatic carbocycles. The molecule has 0 radical (unpaired) electrons. The maximum absolute atomic E-state index is 11.7. The number of carbonyl (C=O) groups is 1. The first kappa shape index (κ1) is 14.4. The van der Waals surface area contributed by atoms with E-state index >= 15 is 0 Å². The number of hydrogen-bond acceptors (Lipinski definition) is 3. The van der Waals surface area contributed by atoms with Crippen LogP contribution in [0.25, 0.3) is 0 Å². The average molecular weight is 287 g/mol. The van der Waals surface area contributed by atoms with E-state index in [9.17, 15) is 4.79 Å². The Labute approximate surface area is 122 Å². The van der Waals surface area contributed by atoms with Gasteiger partial charge in [0.2, 0.25) is 5.91 Å². The zero-order chi connectivity index (χ0) is 14.4. The van der Waals surface area contributed by atoms with Gasteiger partial charge < -0.3 is 4.98 Å². The molecule has 1 aromatic carbocycles. The van der Waals surface area contributed by atoms with Crippen LogP contribution in [0.2, 0.25) is 0 Å². The van der Waals surface area contributed by atoms with Crippen LogP contribution in [0.5, 0.6) is 0 Å². The molecule has 4 nitrogen and oxygen atoms in total. The lowest BCUT2D eigenvalue weighted by Crippen LogP contribution is -2.21. The fourth-order valence-electron chi connectivity index (χ4n) is 1.58. The molecule has 0 spiro atoms. The first-order valence-corrected chi connectivity index (χ1v) is 7.30. The van der Waals surface area contributed by atoms with Crippen molar-refractivity contribution in [2.45, 2.75) is 18.7 Å². The van der Waals surface area contributed by atoms with E-state index in [0.717, 1.165) is 16.3 Å². The Morgan fingerprint density at radius 2 is 2.05 bits per heavy atom. The average Bonchev–Trinajstić information content (AvgIpc) is 2.98. The van der Waals surface area contributed by atoms with E-state index in [0.29, 0.717) is 5.75 Å². The van der Waals surface area contributed by atoms with Gasteiger partial charge in [-0.25, -0.2) is 5.43 Å². The lowest BCUT2D eigenvalue weighted by Gasteiger charge is -2.02. The standard InChI is InChI=1S/C15H17N3OS/c1-11-5-7-13(8-6-11)20-10-15(19)18-17-12(2)14-4-3-9-16-14/h3-9,16H,10H2,1-2H3,(H,18,19)/b17-12+. The number of H-pyrrole nitrogens is 1. The fourth-order valence-corrected chi connectivity index (χ4v) is 2.27. The molecule has 0 saturated heterocycles. The number of aryl methyl sites for hydroxylation is 1. The number of nitrogens with zero attached hydrogens (tertiary/aromatic N) is 1. The maximum Gasteiger partial charge on any atom is 0.250 e. The van der Waals surface area contributed by atoms with Gasteiger partial charge in [-0.3, -0.25) is 4.79 Å². The highest BCUT2D eigenvalue weighted by atomic mass is 32.2. The van der Waals surface area contributed by atoms with E-state index in [-0.39, 0.29) is 5.91 Å². The SMILES string of the molecule is C/C(=N\NC(=O)CSc1ccc(C)cc1)c1ccc[nH]1. The molecule has 0 atom stereocenters. The Morgan fingerprint density at radius 1 is 1.30 bits per heavy atom. The molecule has 1 heterocycles. The van der Waals surface area contributed by atoms with Gasteiger partial charge in [-0.1, -0.05) is 17.7 Å². The molecule has 1 amide bonds. The number of hydrogen-bond donors (Lipinski definition) is 2. The van der Waals surface area contributed by atoms with Crippen molar-refractivity contribution in [3.63, 3.8) is 0 Å². The molecule has 0 saturated carbocycles. The quantitative estimate of drug-likeness (QED) is 0.504. The van der Waals surface area contributed by atoms with E-state index in [4.69, 9.17) is 0 Å². The predicted molar refractivity (Wildman–Crippen MR) is 83.0 cm³/mol. The van der Waals surface area contributed by atoms with Gasteiger partial charge in [0.1, 0.15) is 0 Å². The van der Waals surface area contributed by atoms with Gasteiger partial charge in [0.15, 0.2) is 0 Å². The smallest absolute Gasteiger partial charge is 0.250 e. The number of hydrazone groups is 1. The fraction of sp³-hybridized carbons (Fsp3) is 0.200. The van der Waals surface area contributed by atoms with Crippen LogP contribution in [0.15, 0.2) is 52.6 Å². The summed E-state index contributed by atoms with van der Waals surface area (Å²) in [6.07, 6.45) is 1.82. The van der Waals surface area contributed by atoms with E-state index < -0.39 is 0 Å². The van der Waals surface area contributed by atoms with Crippen molar-refractivity contribution in [2.75, 3.05) is 5.75 Å². The van der Waals surface area contributed by atoms with Crippen LogP contribution >= 0.6 is 11.8 Å². The normalized spacial score (nSPS) is 11.4. The summed E-state index contributed by atoms with van der Waals surface area (Å²) in [5.41, 5.74) is 5.43. The Kier molecular flexibility index (Phi) is 5.01. The Balaban J connectivity index is 1.81. The molecule has 20 heavy (non-hydrogen) atoms. The predicted octanol–water partition coefficient (Wildman–Crippen LogP) is 2.96. The molecule has 2 N–H and O–H groups in total. The molecular weight excluding hydrogens is 270 g/mol. The summed E-state index contributed by atoms with van der Waals surface area (Å²) in [5, 5.41) is 4.07. The molecule has 104 valence electrons. The van der Waals surface area contributed by atoms with Crippen molar-refractivity contribution in [3.8, 4) is 0 Å². The first-order valence-electron chi connectivity index (χ1n) is 6.31. The molecule has 1 aromatic heterocycles. The Bertz CT molecular complexity index is 588. The van der Waals surface area contributed by atoms with Gasteiger partial charge in [0.25, 0.3) is 0 Å². The molecule has 0 unspecified atom stereocenters. The van der Waals surface area contributed by atoms with Crippen molar-refractivity contribution in [3.05, 3.63) is 53.9 Å². The van der Waals surface area contributed by atoms with Gasteiger partial charge in [0, 0.05) is 11.1 Å². The number of rotatable bonds is 5. The zero-order valence-electron chi connectivity index (χ0n) is 11.5. The van der Waals surface area contributed by atoms with Crippen LogP contribution in [-0.4, -0.2) is 22.4 Å². The van der Waals surface area contributed by atoms with E-state index in [2.05, 4.69) is 15.5 Å². The van der Waals surface area contributed by atoms with Crippen molar-refractivity contribution < 1.29 is 4.79 Å². The second-order valence-electron chi connectivity index (χ2n) is 4.42.